The standard InChI is InChI=1S/C2H4ClNO2/c1-2(5)6-4-3/h4H,1H3. The van der Waals surface area contributed by atoms with E-state index in [4.69, 9.17) is 11.8 Å². The summed E-state index contributed by atoms with van der Waals surface area (Å²) in [5.74, 6) is -0.454. The quantitative estimate of drug-likeness (QED) is 0.386. The average Bonchev–Trinajstić information content (AvgIpc) is 1.35. The Balaban J connectivity index is 2.83. The van der Waals surface area contributed by atoms with Gasteiger partial charge in [-0.2, -0.15) is 0 Å². The molecular weight excluding hydrogens is 105 g/mol. The Hall–Kier alpha value is -0.280. The molecule has 36 valence electrons. The minimum Gasteiger partial charge on any atom is -0.356 e. The summed E-state index contributed by atoms with van der Waals surface area (Å²) in [4.78, 5) is 15.3. The highest BCUT2D eigenvalue weighted by Gasteiger charge is 1.83. The highest BCUT2D eigenvalue weighted by molar-refractivity contribution is 6.12. The lowest BCUT2D eigenvalue weighted by Gasteiger charge is -1.87. The Morgan fingerprint density at radius 2 is 2.50 bits per heavy atom. The molecule has 0 radical (unpaired) electrons. The topological polar surface area (TPSA) is 38.3 Å². The summed E-state index contributed by atoms with van der Waals surface area (Å²) in [6.07, 6.45) is 0. The molecule has 0 saturated heterocycles. The molecule has 0 unspecified atom stereocenters. The second-order valence-electron chi connectivity index (χ2n) is 0.671. The van der Waals surface area contributed by atoms with Gasteiger partial charge in [-0.15, -0.1) is 0 Å². The maximum absolute atomic E-state index is 9.67. The fourth-order valence-electron chi connectivity index (χ4n) is 0.0543. The first-order chi connectivity index (χ1) is 2.77. The third kappa shape index (κ3) is 3.72. The van der Waals surface area contributed by atoms with E-state index in [9.17, 15) is 4.79 Å². The number of carbonyl (C=O) groups is 1. The van der Waals surface area contributed by atoms with Crippen LogP contribution in [0.1, 0.15) is 6.92 Å². The molecule has 0 bridgehead atoms. The number of hydrogen-bond donors (Lipinski definition) is 1. The Morgan fingerprint density at radius 3 is 2.50 bits per heavy atom. The molecule has 0 aliphatic carbocycles. The molecule has 0 heterocycles. The van der Waals surface area contributed by atoms with Crippen molar-refractivity contribution in [2.45, 2.75) is 6.92 Å². The fourth-order valence-corrected chi connectivity index (χ4v) is 0.163. The van der Waals surface area contributed by atoms with Crippen molar-refractivity contribution in [3.8, 4) is 0 Å². The Bertz CT molecular complexity index is 55.5. The van der Waals surface area contributed by atoms with Gasteiger partial charge < -0.3 is 4.84 Å². The van der Waals surface area contributed by atoms with E-state index in [1.54, 1.807) is 5.00 Å². The van der Waals surface area contributed by atoms with Crippen molar-refractivity contribution in [2.75, 3.05) is 0 Å². The molecule has 0 atom stereocenters. The minimum atomic E-state index is -0.454. The summed E-state index contributed by atoms with van der Waals surface area (Å²) >= 11 is 4.70. The zero-order valence-electron chi connectivity index (χ0n) is 3.19. The van der Waals surface area contributed by atoms with Crippen LogP contribution < -0.4 is 5.00 Å². The molecule has 0 amide bonds. The molecule has 0 aliphatic heterocycles. The minimum absolute atomic E-state index is 0.454. The van der Waals surface area contributed by atoms with Crippen LogP contribution in [0.2, 0.25) is 0 Å². The highest BCUT2D eigenvalue weighted by Crippen LogP contribution is 1.67. The number of carbonyl (C=O) groups excluding carboxylic acids is 1. The van der Waals surface area contributed by atoms with Gasteiger partial charge in [0.2, 0.25) is 0 Å². The van der Waals surface area contributed by atoms with Gasteiger partial charge in [0.05, 0.1) is 0 Å². The molecule has 0 rings (SSSR count). The summed E-state index contributed by atoms with van der Waals surface area (Å²) in [6, 6.07) is 0. The van der Waals surface area contributed by atoms with E-state index in [-0.39, 0.29) is 0 Å². The van der Waals surface area contributed by atoms with E-state index in [1.807, 2.05) is 0 Å². The van der Waals surface area contributed by atoms with Crippen LogP contribution in [0.3, 0.4) is 0 Å². The molecule has 3 nitrogen and oxygen atoms in total. The van der Waals surface area contributed by atoms with Crippen LogP contribution in [-0.4, -0.2) is 5.97 Å². The first kappa shape index (κ1) is 5.72. The van der Waals surface area contributed by atoms with Crippen molar-refractivity contribution in [1.29, 1.82) is 0 Å². The van der Waals surface area contributed by atoms with E-state index in [1.165, 1.54) is 6.92 Å². The Kier molecular flexibility index (Phi) is 2.80. The SMILES string of the molecule is CC(=O)ONCl. The second kappa shape index (κ2) is 2.93. The molecule has 0 fully saturated rings. The predicted molar refractivity (Wildman–Crippen MR) is 20.8 cm³/mol. The lowest BCUT2D eigenvalue weighted by atomic mass is 10.8. The molecule has 4 heteroatoms. The largest absolute Gasteiger partial charge is 0.356 e. The molecule has 0 saturated carbocycles. The molecule has 0 spiro atoms. The zero-order valence-corrected chi connectivity index (χ0v) is 3.95. The number of hydrogen-bond acceptors (Lipinski definition) is 3. The van der Waals surface area contributed by atoms with Crippen LogP contribution in [0.4, 0.5) is 0 Å². The summed E-state index contributed by atoms with van der Waals surface area (Å²) in [5, 5.41) is 0. The van der Waals surface area contributed by atoms with Gasteiger partial charge >= 0.3 is 5.97 Å². The Morgan fingerprint density at radius 1 is 2.00 bits per heavy atom. The monoisotopic (exact) mass is 109 g/mol. The van der Waals surface area contributed by atoms with E-state index < -0.39 is 5.97 Å². The van der Waals surface area contributed by atoms with Crippen molar-refractivity contribution < 1.29 is 9.63 Å². The van der Waals surface area contributed by atoms with Crippen LogP contribution >= 0.6 is 11.8 Å². The summed E-state index contributed by atoms with van der Waals surface area (Å²) < 4.78 is 0. The normalized spacial score (nSPS) is 7.67. The van der Waals surface area contributed by atoms with E-state index >= 15 is 0 Å². The third-order valence-corrected chi connectivity index (χ3v) is 0.259. The van der Waals surface area contributed by atoms with Crippen LogP contribution in [-0.2, 0) is 9.63 Å². The Labute approximate surface area is 40.3 Å². The number of halogens is 1. The lowest BCUT2D eigenvalue weighted by Crippen LogP contribution is -2.05. The first-order valence-corrected chi connectivity index (χ1v) is 1.68. The summed E-state index contributed by atoms with van der Waals surface area (Å²) in [5.41, 5.74) is 0. The lowest BCUT2D eigenvalue weighted by molar-refractivity contribution is -0.144. The number of nitrogens with one attached hydrogen (secondary N) is 1. The van der Waals surface area contributed by atoms with Crippen LogP contribution in [0.5, 0.6) is 0 Å². The molecule has 0 aromatic carbocycles. The molecule has 0 aliphatic rings. The van der Waals surface area contributed by atoms with Gasteiger partial charge in [0.1, 0.15) is 0 Å². The summed E-state index contributed by atoms with van der Waals surface area (Å²) in [6.45, 7) is 1.25. The molecule has 1 N–H and O–H groups in total. The molecule has 0 aromatic rings. The average molecular weight is 110 g/mol. The van der Waals surface area contributed by atoms with Gasteiger partial charge in [0.15, 0.2) is 0 Å². The highest BCUT2D eigenvalue weighted by atomic mass is 35.5. The first-order valence-electron chi connectivity index (χ1n) is 1.30. The van der Waals surface area contributed by atoms with Crippen molar-refractivity contribution in [3.05, 3.63) is 0 Å². The van der Waals surface area contributed by atoms with Crippen LogP contribution in [0, 0.1) is 0 Å². The van der Waals surface area contributed by atoms with E-state index in [0.29, 0.717) is 0 Å². The van der Waals surface area contributed by atoms with Gasteiger partial charge in [-0.05, 0) is 0 Å². The maximum Gasteiger partial charge on any atom is 0.323 e. The van der Waals surface area contributed by atoms with Crippen LogP contribution in [0.15, 0.2) is 0 Å². The van der Waals surface area contributed by atoms with Crippen molar-refractivity contribution in [1.82, 2.24) is 5.00 Å². The van der Waals surface area contributed by atoms with Gasteiger partial charge in [-0.1, -0.05) is 5.00 Å². The van der Waals surface area contributed by atoms with E-state index in [0.717, 1.165) is 0 Å². The summed E-state index contributed by atoms with van der Waals surface area (Å²) in [7, 11) is 0. The van der Waals surface area contributed by atoms with Gasteiger partial charge in [0, 0.05) is 18.7 Å². The van der Waals surface area contributed by atoms with Gasteiger partial charge in [-0.3, -0.25) is 4.79 Å². The maximum atomic E-state index is 9.67. The number of rotatable bonds is 1. The zero-order chi connectivity index (χ0) is 4.99. The second-order valence-corrected chi connectivity index (χ2v) is 0.825. The van der Waals surface area contributed by atoms with Gasteiger partial charge in [0.25, 0.3) is 0 Å². The van der Waals surface area contributed by atoms with E-state index in [2.05, 4.69) is 4.84 Å². The van der Waals surface area contributed by atoms with Crippen molar-refractivity contribution >= 4 is 17.7 Å². The fraction of sp³-hybridized carbons (Fsp3) is 0.500. The van der Waals surface area contributed by atoms with Crippen molar-refractivity contribution in [2.24, 2.45) is 0 Å². The van der Waals surface area contributed by atoms with Crippen LogP contribution in [0.25, 0.3) is 0 Å². The third-order valence-electron chi connectivity index (χ3n) is 0.182. The molecular formula is C2H4ClNO2. The molecule has 6 heavy (non-hydrogen) atoms. The predicted octanol–water partition coefficient (Wildman–Crippen LogP) is 0.208. The van der Waals surface area contributed by atoms with Gasteiger partial charge in [-0.25, -0.2) is 0 Å². The smallest absolute Gasteiger partial charge is 0.323 e. The van der Waals surface area contributed by atoms with Crippen molar-refractivity contribution in [3.63, 3.8) is 0 Å². The molecule has 0 aromatic heterocycles.